The minimum absolute atomic E-state index is 0.0856. The van der Waals surface area contributed by atoms with Crippen molar-refractivity contribution in [3.05, 3.63) is 42.1 Å². The van der Waals surface area contributed by atoms with E-state index < -0.39 is 11.7 Å². The average Bonchev–Trinajstić information content (AvgIpc) is 2.28. The van der Waals surface area contributed by atoms with E-state index in [1.54, 1.807) is 6.07 Å². The maximum Gasteiger partial charge on any atom is 0.416 e. The molecule has 1 aromatic heterocycles. The Balaban J connectivity index is 2.36. The number of nitrogen functional groups attached to an aromatic ring is 1. The summed E-state index contributed by atoms with van der Waals surface area (Å²) >= 11 is 0. The molecule has 0 amide bonds. The molecule has 0 fully saturated rings. The molecule has 2 N–H and O–H groups in total. The molecule has 0 radical (unpaired) electrons. The zero-order chi connectivity index (χ0) is 12.5. The van der Waals surface area contributed by atoms with Gasteiger partial charge in [-0.1, -0.05) is 12.1 Å². The van der Waals surface area contributed by atoms with Gasteiger partial charge >= 0.3 is 6.18 Å². The highest BCUT2D eigenvalue weighted by Gasteiger charge is 2.29. The molecule has 1 aromatic carbocycles. The van der Waals surface area contributed by atoms with Crippen LogP contribution in [0.1, 0.15) is 5.56 Å². The molecule has 0 aliphatic heterocycles. The van der Waals surface area contributed by atoms with E-state index in [-0.39, 0.29) is 5.95 Å². The predicted molar refractivity (Wildman–Crippen MR) is 56.9 cm³/mol. The van der Waals surface area contributed by atoms with Gasteiger partial charge in [0.05, 0.1) is 11.3 Å². The number of anilines is 1. The van der Waals surface area contributed by atoms with Crippen molar-refractivity contribution in [3.63, 3.8) is 0 Å². The quantitative estimate of drug-likeness (QED) is 0.832. The van der Waals surface area contributed by atoms with Gasteiger partial charge in [0.1, 0.15) is 0 Å². The second-order valence-electron chi connectivity index (χ2n) is 3.38. The summed E-state index contributed by atoms with van der Waals surface area (Å²) in [5.41, 5.74) is 5.76. The summed E-state index contributed by atoms with van der Waals surface area (Å²) in [6.45, 7) is 0. The van der Waals surface area contributed by atoms with E-state index in [0.29, 0.717) is 11.3 Å². The Hall–Kier alpha value is -2.11. The van der Waals surface area contributed by atoms with E-state index in [1.807, 2.05) is 0 Å². The highest BCUT2D eigenvalue weighted by molar-refractivity contribution is 5.60. The molecule has 17 heavy (non-hydrogen) atoms. The van der Waals surface area contributed by atoms with Gasteiger partial charge in [0.25, 0.3) is 0 Å². The summed E-state index contributed by atoms with van der Waals surface area (Å²) in [6.07, 6.45) is -2.88. The van der Waals surface area contributed by atoms with Gasteiger partial charge in [0, 0.05) is 11.8 Å². The van der Waals surface area contributed by atoms with Crippen LogP contribution in [0.5, 0.6) is 0 Å². The maximum atomic E-state index is 12.3. The lowest BCUT2D eigenvalue weighted by atomic mass is 10.1. The van der Waals surface area contributed by atoms with Gasteiger partial charge in [-0.05, 0) is 18.2 Å². The summed E-state index contributed by atoms with van der Waals surface area (Å²) < 4.78 is 37.0. The van der Waals surface area contributed by atoms with Crippen molar-refractivity contribution >= 4 is 5.95 Å². The van der Waals surface area contributed by atoms with Crippen LogP contribution in [-0.4, -0.2) is 9.97 Å². The van der Waals surface area contributed by atoms with Crippen LogP contribution in [-0.2, 0) is 6.18 Å². The second kappa shape index (κ2) is 4.04. The van der Waals surface area contributed by atoms with E-state index in [1.165, 1.54) is 18.3 Å². The third-order valence-corrected chi connectivity index (χ3v) is 2.18. The number of nitrogens with zero attached hydrogens (tertiary/aromatic N) is 2. The van der Waals surface area contributed by atoms with Crippen LogP contribution in [0, 0.1) is 0 Å². The van der Waals surface area contributed by atoms with Crippen LogP contribution in [0.25, 0.3) is 11.3 Å². The summed E-state index contributed by atoms with van der Waals surface area (Å²) in [4.78, 5) is 7.63. The molecular weight excluding hydrogens is 231 g/mol. The lowest BCUT2D eigenvalue weighted by Gasteiger charge is -2.07. The maximum absolute atomic E-state index is 12.3. The Morgan fingerprint density at radius 3 is 2.18 bits per heavy atom. The number of rotatable bonds is 1. The second-order valence-corrected chi connectivity index (χ2v) is 3.38. The molecule has 3 nitrogen and oxygen atoms in total. The van der Waals surface area contributed by atoms with Crippen molar-refractivity contribution in [3.8, 4) is 11.3 Å². The zero-order valence-corrected chi connectivity index (χ0v) is 8.57. The van der Waals surface area contributed by atoms with Gasteiger partial charge < -0.3 is 5.73 Å². The van der Waals surface area contributed by atoms with Crippen LogP contribution in [0.4, 0.5) is 19.1 Å². The standard InChI is InChI=1S/C11H8F3N3/c12-11(13,14)8-3-1-7(2-4-8)9-5-6-16-10(15)17-9/h1-6H,(H2,15,16,17). The Labute approximate surface area is 95.1 Å². The normalized spacial score (nSPS) is 11.5. The van der Waals surface area contributed by atoms with Gasteiger partial charge in [0.2, 0.25) is 5.95 Å². The van der Waals surface area contributed by atoms with E-state index >= 15 is 0 Å². The summed E-state index contributed by atoms with van der Waals surface area (Å²) in [6, 6.07) is 6.30. The molecule has 2 aromatic rings. The number of alkyl halides is 3. The average molecular weight is 239 g/mol. The first-order valence-electron chi connectivity index (χ1n) is 4.73. The predicted octanol–water partition coefficient (Wildman–Crippen LogP) is 2.74. The third kappa shape index (κ3) is 2.52. The highest BCUT2D eigenvalue weighted by atomic mass is 19.4. The van der Waals surface area contributed by atoms with Crippen LogP contribution in [0.15, 0.2) is 36.5 Å². The Bertz CT molecular complexity index is 520. The van der Waals surface area contributed by atoms with Crippen molar-refractivity contribution in [2.45, 2.75) is 6.18 Å². The minimum Gasteiger partial charge on any atom is -0.368 e. The van der Waals surface area contributed by atoms with E-state index in [0.717, 1.165) is 12.1 Å². The molecule has 0 aliphatic rings. The first-order chi connectivity index (χ1) is 7.97. The van der Waals surface area contributed by atoms with Gasteiger partial charge in [-0.2, -0.15) is 13.2 Å². The zero-order valence-electron chi connectivity index (χ0n) is 8.57. The van der Waals surface area contributed by atoms with Crippen molar-refractivity contribution in [2.24, 2.45) is 0 Å². The van der Waals surface area contributed by atoms with Crippen LogP contribution >= 0.6 is 0 Å². The fourth-order valence-electron chi connectivity index (χ4n) is 1.36. The third-order valence-electron chi connectivity index (χ3n) is 2.18. The van der Waals surface area contributed by atoms with Crippen molar-refractivity contribution in [2.75, 3.05) is 5.73 Å². The molecule has 0 bridgehead atoms. The lowest BCUT2D eigenvalue weighted by Crippen LogP contribution is -2.04. The number of benzene rings is 1. The minimum atomic E-state index is -4.33. The smallest absolute Gasteiger partial charge is 0.368 e. The molecule has 0 unspecified atom stereocenters. The molecule has 0 saturated heterocycles. The molecule has 0 spiro atoms. The van der Waals surface area contributed by atoms with Crippen LogP contribution in [0.3, 0.4) is 0 Å². The molecule has 0 atom stereocenters. The SMILES string of the molecule is Nc1nccc(-c2ccc(C(F)(F)F)cc2)n1. The van der Waals surface area contributed by atoms with Crippen molar-refractivity contribution in [1.82, 2.24) is 9.97 Å². The Morgan fingerprint density at radius 1 is 1.00 bits per heavy atom. The number of nitrogens with two attached hydrogens (primary N) is 1. The molecule has 1 heterocycles. The van der Waals surface area contributed by atoms with Crippen molar-refractivity contribution in [1.29, 1.82) is 0 Å². The van der Waals surface area contributed by atoms with Crippen molar-refractivity contribution < 1.29 is 13.2 Å². The van der Waals surface area contributed by atoms with Crippen LogP contribution < -0.4 is 5.73 Å². The van der Waals surface area contributed by atoms with E-state index in [4.69, 9.17) is 5.73 Å². The van der Waals surface area contributed by atoms with Gasteiger partial charge in [-0.15, -0.1) is 0 Å². The first kappa shape index (κ1) is 11.4. The summed E-state index contributed by atoms with van der Waals surface area (Å²) in [5, 5.41) is 0. The van der Waals surface area contributed by atoms with E-state index in [2.05, 4.69) is 9.97 Å². The fraction of sp³-hybridized carbons (Fsp3) is 0.0909. The number of hydrogen-bond acceptors (Lipinski definition) is 3. The first-order valence-corrected chi connectivity index (χ1v) is 4.73. The molecule has 6 heteroatoms. The van der Waals surface area contributed by atoms with Gasteiger partial charge in [-0.25, -0.2) is 9.97 Å². The topological polar surface area (TPSA) is 51.8 Å². The summed E-state index contributed by atoms with van der Waals surface area (Å²) in [5.74, 6) is 0.0856. The molecule has 2 rings (SSSR count). The number of hydrogen-bond donors (Lipinski definition) is 1. The number of halogens is 3. The molecule has 0 saturated carbocycles. The fourth-order valence-corrected chi connectivity index (χ4v) is 1.36. The van der Waals surface area contributed by atoms with Crippen LogP contribution in [0.2, 0.25) is 0 Å². The molecule has 0 aliphatic carbocycles. The number of aromatic nitrogens is 2. The molecule has 88 valence electrons. The monoisotopic (exact) mass is 239 g/mol. The Morgan fingerprint density at radius 2 is 1.65 bits per heavy atom. The lowest BCUT2D eigenvalue weighted by molar-refractivity contribution is -0.137. The van der Waals surface area contributed by atoms with Gasteiger partial charge in [-0.3, -0.25) is 0 Å². The van der Waals surface area contributed by atoms with Gasteiger partial charge in [0.15, 0.2) is 0 Å². The molecular formula is C11H8F3N3. The highest BCUT2D eigenvalue weighted by Crippen LogP contribution is 2.30. The van der Waals surface area contributed by atoms with E-state index in [9.17, 15) is 13.2 Å². The Kier molecular flexibility index (Phi) is 2.71. The summed E-state index contributed by atoms with van der Waals surface area (Å²) in [7, 11) is 0. The largest absolute Gasteiger partial charge is 0.416 e.